The van der Waals surface area contributed by atoms with E-state index in [1.54, 1.807) is 0 Å². The maximum absolute atomic E-state index is 10.6. The van der Waals surface area contributed by atoms with Gasteiger partial charge in [0.15, 0.2) is 0 Å². The third kappa shape index (κ3) is 1.92. The molecule has 1 aromatic carbocycles. The summed E-state index contributed by atoms with van der Waals surface area (Å²) in [4.78, 5) is 10.6. The molecule has 0 atom stereocenters. The first kappa shape index (κ1) is 9.93. The molecular formula is C12H13NO2. The van der Waals surface area contributed by atoms with Crippen LogP contribution in [-0.2, 0) is 6.54 Å². The molecule has 1 aromatic heterocycles. The Morgan fingerprint density at radius 2 is 2.20 bits per heavy atom. The second-order valence-corrected chi connectivity index (χ2v) is 3.52. The molecule has 78 valence electrons. The Morgan fingerprint density at radius 3 is 2.93 bits per heavy atom. The lowest BCUT2D eigenvalue weighted by atomic mass is 10.2. The summed E-state index contributed by atoms with van der Waals surface area (Å²) >= 11 is 0. The highest BCUT2D eigenvalue weighted by molar-refractivity contribution is 5.87. The molecule has 3 nitrogen and oxygen atoms in total. The highest BCUT2D eigenvalue weighted by Gasteiger charge is 2.01. The van der Waals surface area contributed by atoms with Gasteiger partial charge in [0.2, 0.25) is 0 Å². The van der Waals surface area contributed by atoms with Crippen LogP contribution >= 0.6 is 0 Å². The Balaban J connectivity index is 2.38. The summed E-state index contributed by atoms with van der Waals surface area (Å²) in [7, 11) is 0. The third-order valence-corrected chi connectivity index (χ3v) is 2.49. The van der Waals surface area contributed by atoms with E-state index in [0.29, 0.717) is 5.56 Å². The van der Waals surface area contributed by atoms with Gasteiger partial charge in [-0.2, -0.15) is 0 Å². The van der Waals surface area contributed by atoms with Crippen LogP contribution in [-0.4, -0.2) is 22.6 Å². The Bertz CT molecular complexity index is 473. The van der Waals surface area contributed by atoms with Crippen LogP contribution in [0.15, 0.2) is 30.5 Å². The predicted molar refractivity (Wildman–Crippen MR) is 59.0 cm³/mol. The number of aliphatic hydroxyl groups excluding tert-OH is 1. The molecule has 0 amide bonds. The van der Waals surface area contributed by atoms with Gasteiger partial charge in [-0.3, -0.25) is 4.79 Å². The number of nitrogens with zero attached hydrogens (tertiary/aromatic N) is 1. The molecule has 2 aromatic rings. The first-order chi connectivity index (χ1) is 7.35. The summed E-state index contributed by atoms with van der Waals surface area (Å²) in [5.74, 6) is 0. The zero-order valence-corrected chi connectivity index (χ0v) is 8.39. The fourth-order valence-corrected chi connectivity index (χ4v) is 1.73. The molecular weight excluding hydrogens is 190 g/mol. The molecule has 0 radical (unpaired) electrons. The van der Waals surface area contributed by atoms with Crippen molar-refractivity contribution in [3.63, 3.8) is 0 Å². The number of hydrogen-bond acceptors (Lipinski definition) is 2. The van der Waals surface area contributed by atoms with Crippen LogP contribution in [0.4, 0.5) is 0 Å². The molecule has 1 heterocycles. The molecule has 0 saturated heterocycles. The minimum atomic E-state index is 0.200. The van der Waals surface area contributed by atoms with E-state index in [-0.39, 0.29) is 6.61 Å². The highest BCUT2D eigenvalue weighted by Crippen LogP contribution is 2.17. The number of aldehydes is 1. The van der Waals surface area contributed by atoms with Crippen LogP contribution in [0.1, 0.15) is 16.8 Å². The molecule has 0 unspecified atom stereocenters. The minimum absolute atomic E-state index is 0.200. The molecule has 15 heavy (non-hydrogen) atoms. The number of benzene rings is 1. The highest BCUT2D eigenvalue weighted by atomic mass is 16.3. The van der Waals surface area contributed by atoms with E-state index in [1.165, 1.54) is 0 Å². The van der Waals surface area contributed by atoms with Crippen molar-refractivity contribution >= 4 is 17.2 Å². The van der Waals surface area contributed by atoms with Crippen molar-refractivity contribution < 1.29 is 9.90 Å². The van der Waals surface area contributed by atoms with Crippen LogP contribution in [0, 0.1) is 0 Å². The second-order valence-electron chi connectivity index (χ2n) is 3.52. The van der Waals surface area contributed by atoms with Crippen molar-refractivity contribution in [3.05, 3.63) is 36.0 Å². The van der Waals surface area contributed by atoms with Gasteiger partial charge in [-0.1, -0.05) is 0 Å². The largest absolute Gasteiger partial charge is 0.396 e. The van der Waals surface area contributed by atoms with Gasteiger partial charge >= 0.3 is 0 Å². The van der Waals surface area contributed by atoms with Crippen LogP contribution in [0.5, 0.6) is 0 Å². The predicted octanol–water partition coefficient (Wildman–Crippen LogP) is 1.84. The summed E-state index contributed by atoms with van der Waals surface area (Å²) in [5, 5.41) is 9.83. The summed E-state index contributed by atoms with van der Waals surface area (Å²) in [6, 6.07) is 7.61. The Morgan fingerprint density at radius 1 is 1.33 bits per heavy atom. The van der Waals surface area contributed by atoms with E-state index in [4.69, 9.17) is 5.11 Å². The third-order valence-electron chi connectivity index (χ3n) is 2.49. The van der Waals surface area contributed by atoms with Gasteiger partial charge in [0.25, 0.3) is 0 Å². The van der Waals surface area contributed by atoms with Gasteiger partial charge in [-0.05, 0) is 30.7 Å². The molecule has 0 aliphatic carbocycles. The number of carbonyl (C=O) groups excluding carboxylic acids is 1. The molecule has 0 spiro atoms. The number of aliphatic hydroxyl groups is 1. The topological polar surface area (TPSA) is 42.2 Å². The Hall–Kier alpha value is -1.61. The minimum Gasteiger partial charge on any atom is -0.396 e. The first-order valence-corrected chi connectivity index (χ1v) is 5.00. The lowest BCUT2D eigenvalue weighted by molar-refractivity contribution is 0.112. The van der Waals surface area contributed by atoms with Gasteiger partial charge < -0.3 is 9.67 Å². The van der Waals surface area contributed by atoms with Crippen molar-refractivity contribution in [1.29, 1.82) is 0 Å². The molecule has 3 heteroatoms. The van der Waals surface area contributed by atoms with Gasteiger partial charge in [0, 0.05) is 35.8 Å². The lowest BCUT2D eigenvalue weighted by Crippen LogP contribution is -1.98. The number of rotatable bonds is 4. The SMILES string of the molecule is O=Cc1ccc2c(ccn2CCCO)c1. The van der Waals surface area contributed by atoms with Crippen molar-refractivity contribution in [3.8, 4) is 0 Å². The zero-order chi connectivity index (χ0) is 10.7. The summed E-state index contributed by atoms with van der Waals surface area (Å²) in [6.07, 6.45) is 3.58. The number of carbonyl (C=O) groups is 1. The number of aromatic nitrogens is 1. The summed E-state index contributed by atoms with van der Waals surface area (Å²) in [6.45, 7) is 1.01. The Labute approximate surface area is 87.9 Å². The van der Waals surface area contributed by atoms with Crippen molar-refractivity contribution in [2.45, 2.75) is 13.0 Å². The normalized spacial score (nSPS) is 10.7. The van der Waals surface area contributed by atoms with Gasteiger partial charge in [-0.25, -0.2) is 0 Å². The molecule has 2 rings (SSSR count). The van der Waals surface area contributed by atoms with Crippen LogP contribution < -0.4 is 0 Å². The van der Waals surface area contributed by atoms with E-state index >= 15 is 0 Å². The van der Waals surface area contributed by atoms with Crippen LogP contribution in [0.25, 0.3) is 10.9 Å². The fourth-order valence-electron chi connectivity index (χ4n) is 1.73. The molecule has 0 aliphatic heterocycles. The fraction of sp³-hybridized carbons (Fsp3) is 0.250. The lowest BCUT2D eigenvalue weighted by Gasteiger charge is -2.03. The average molecular weight is 203 g/mol. The van der Waals surface area contributed by atoms with E-state index in [9.17, 15) is 4.79 Å². The summed E-state index contributed by atoms with van der Waals surface area (Å²) < 4.78 is 2.08. The Kier molecular flexibility index (Phi) is 2.83. The van der Waals surface area contributed by atoms with E-state index < -0.39 is 0 Å². The van der Waals surface area contributed by atoms with E-state index in [1.807, 2.05) is 30.5 Å². The standard InChI is InChI=1S/C12H13NO2/c14-7-1-5-13-6-4-11-8-10(9-15)2-3-12(11)13/h2-4,6,8-9,14H,1,5,7H2. The van der Waals surface area contributed by atoms with Gasteiger partial charge in [0.1, 0.15) is 6.29 Å². The summed E-state index contributed by atoms with van der Waals surface area (Å²) in [5.41, 5.74) is 1.80. The molecule has 1 N–H and O–H groups in total. The number of aryl methyl sites for hydroxylation is 1. The van der Waals surface area contributed by atoms with Crippen LogP contribution in [0.3, 0.4) is 0 Å². The van der Waals surface area contributed by atoms with Gasteiger partial charge in [-0.15, -0.1) is 0 Å². The van der Waals surface area contributed by atoms with E-state index in [2.05, 4.69) is 4.57 Å². The molecule has 0 saturated carbocycles. The maximum Gasteiger partial charge on any atom is 0.150 e. The van der Waals surface area contributed by atoms with Crippen molar-refractivity contribution in [2.75, 3.05) is 6.61 Å². The number of hydrogen-bond donors (Lipinski definition) is 1. The second kappa shape index (κ2) is 4.28. The van der Waals surface area contributed by atoms with E-state index in [0.717, 1.165) is 30.2 Å². The van der Waals surface area contributed by atoms with Crippen LogP contribution in [0.2, 0.25) is 0 Å². The molecule has 0 bridgehead atoms. The zero-order valence-electron chi connectivity index (χ0n) is 8.39. The van der Waals surface area contributed by atoms with Crippen molar-refractivity contribution in [2.24, 2.45) is 0 Å². The average Bonchev–Trinajstić information content (AvgIpc) is 2.68. The molecule has 0 aliphatic rings. The smallest absolute Gasteiger partial charge is 0.150 e. The molecule has 0 fully saturated rings. The monoisotopic (exact) mass is 203 g/mol. The van der Waals surface area contributed by atoms with Crippen molar-refractivity contribution in [1.82, 2.24) is 4.57 Å². The maximum atomic E-state index is 10.6. The quantitative estimate of drug-likeness (QED) is 0.770. The van der Waals surface area contributed by atoms with Gasteiger partial charge in [0.05, 0.1) is 0 Å². The number of fused-ring (bicyclic) bond motifs is 1. The first-order valence-electron chi connectivity index (χ1n) is 5.00.